The maximum absolute atomic E-state index is 3.37. The van der Waals surface area contributed by atoms with Gasteiger partial charge in [-0.25, -0.2) is 0 Å². The molecule has 0 amide bonds. The molecule has 0 spiro atoms. The van der Waals surface area contributed by atoms with Crippen LogP contribution >= 0.6 is 12.4 Å². The third-order valence-electron chi connectivity index (χ3n) is 1.57. The predicted octanol–water partition coefficient (Wildman–Crippen LogP) is 0.332. The van der Waals surface area contributed by atoms with Crippen molar-refractivity contribution in [1.29, 1.82) is 0 Å². The van der Waals surface area contributed by atoms with E-state index in [0.29, 0.717) is 6.04 Å². The maximum Gasteiger partial charge on any atom is 0.0167 e. The van der Waals surface area contributed by atoms with Gasteiger partial charge in [-0.1, -0.05) is 0 Å². The van der Waals surface area contributed by atoms with E-state index < -0.39 is 0 Å². The summed E-state index contributed by atoms with van der Waals surface area (Å²) in [4.78, 5) is 2.35. The summed E-state index contributed by atoms with van der Waals surface area (Å²) in [5, 5.41) is 3.37. The van der Waals surface area contributed by atoms with Crippen LogP contribution in [-0.2, 0) is 0 Å². The molecular weight excluding hydrogens is 136 g/mol. The van der Waals surface area contributed by atoms with Gasteiger partial charge in [-0.05, 0) is 14.0 Å². The zero-order valence-corrected chi connectivity index (χ0v) is 6.87. The van der Waals surface area contributed by atoms with Gasteiger partial charge < -0.3 is 10.2 Å². The number of halogens is 1. The molecule has 0 saturated carbocycles. The molecule has 2 nitrogen and oxygen atoms in total. The van der Waals surface area contributed by atoms with Crippen LogP contribution in [-0.4, -0.2) is 37.6 Å². The highest BCUT2D eigenvalue weighted by Crippen LogP contribution is 1.92. The second-order valence-electron chi connectivity index (χ2n) is 2.62. The van der Waals surface area contributed by atoms with Crippen molar-refractivity contribution in [2.75, 3.05) is 26.7 Å². The van der Waals surface area contributed by atoms with Gasteiger partial charge >= 0.3 is 0 Å². The Hall–Kier alpha value is 0.210. The van der Waals surface area contributed by atoms with E-state index in [1.54, 1.807) is 0 Å². The number of likely N-dealkylation sites (N-methyl/N-ethyl adjacent to an activating group) is 1. The van der Waals surface area contributed by atoms with Crippen LogP contribution in [0.25, 0.3) is 0 Å². The average Bonchev–Trinajstić information content (AvgIpc) is 1.64. The molecule has 0 bridgehead atoms. The quantitative estimate of drug-likeness (QED) is 0.536. The van der Waals surface area contributed by atoms with E-state index >= 15 is 0 Å². The van der Waals surface area contributed by atoms with Crippen molar-refractivity contribution in [2.24, 2.45) is 0 Å². The van der Waals surface area contributed by atoms with E-state index in [4.69, 9.17) is 0 Å². The summed E-state index contributed by atoms with van der Waals surface area (Å²) in [6.07, 6.45) is 0. The van der Waals surface area contributed by atoms with Crippen LogP contribution in [0.4, 0.5) is 0 Å². The van der Waals surface area contributed by atoms with Gasteiger partial charge in [-0.3, -0.25) is 0 Å². The number of piperazine rings is 1. The molecule has 1 atom stereocenters. The number of nitrogens with zero attached hydrogens (tertiary/aromatic N) is 1. The first-order valence-electron chi connectivity index (χ1n) is 3.21. The van der Waals surface area contributed by atoms with Crippen molar-refractivity contribution in [3.63, 3.8) is 0 Å². The predicted molar refractivity (Wildman–Crippen MR) is 42.2 cm³/mol. The lowest BCUT2D eigenvalue weighted by atomic mass is 10.2. The molecule has 1 saturated heterocycles. The number of rotatable bonds is 0. The van der Waals surface area contributed by atoms with Gasteiger partial charge in [-0.15, -0.1) is 12.4 Å². The van der Waals surface area contributed by atoms with Crippen molar-refractivity contribution in [2.45, 2.75) is 13.0 Å². The van der Waals surface area contributed by atoms with Crippen LogP contribution in [0.15, 0.2) is 0 Å². The van der Waals surface area contributed by atoms with Crippen molar-refractivity contribution >= 4 is 12.4 Å². The normalized spacial score (nSPS) is 29.3. The smallest absolute Gasteiger partial charge is 0.0167 e. The summed E-state index contributed by atoms with van der Waals surface area (Å²) in [7, 11) is 2.16. The summed E-state index contributed by atoms with van der Waals surface area (Å²) < 4.78 is 0. The standard InChI is InChI=1S/C6H14N2.ClH/c1-6-5-8(2)4-3-7-6;/h6-7H,3-5H2,1-2H3;1H/t6-;/m0./s1. The Morgan fingerprint density at radius 1 is 1.56 bits per heavy atom. The second kappa shape index (κ2) is 4.09. The number of hydrogen-bond acceptors (Lipinski definition) is 2. The lowest BCUT2D eigenvalue weighted by Gasteiger charge is -2.28. The first kappa shape index (κ1) is 9.21. The van der Waals surface area contributed by atoms with E-state index in [-0.39, 0.29) is 12.4 Å². The molecular formula is C6H15ClN2. The SMILES string of the molecule is C[C@H]1CN(C)CCN1.Cl. The summed E-state index contributed by atoms with van der Waals surface area (Å²) in [6, 6.07) is 0.689. The molecule has 1 heterocycles. The minimum absolute atomic E-state index is 0. The first-order chi connectivity index (χ1) is 3.79. The summed E-state index contributed by atoms with van der Waals surface area (Å²) in [6.45, 7) is 5.76. The van der Waals surface area contributed by atoms with E-state index in [1.807, 2.05) is 0 Å². The third-order valence-corrected chi connectivity index (χ3v) is 1.57. The lowest BCUT2D eigenvalue weighted by Crippen LogP contribution is -2.47. The van der Waals surface area contributed by atoms with E-state index in [0.717, 1.165) is 6.54 Å². The minimum atomic E-state index is 0. The van der Waals surface area contributed by atoms with Gasteiger partial charge in [0.1, 0.15) is 0 Å². The average molecular weight is 151 g/mol. The van der Waals surface area contributed by atoms with Crippen molar-refractivity contribution in [1.82, 2.24) is 10.2 Å². The molecule has 1 aliphatic heterocycles. The topological polar surface area (TPSA) is 15.3 Å². The van der Waals surface area contributed by atoms with E-state index in [2.05, 4.69) is 24.2 Å². The molecule has 56 valence electrons. The molecule has 0 aliphatic carbocycles. The Morgan fingerprint density at radius 3 is 2.56 bits per heavy atom. The van der Waals surface area contributed by atoms with Gasteiger partial charge in [0.05, 0.1) is 0 Å². The van der Waals surface area contributed by atoms with E-state index in [1.165, 1.54) is 13.1 Å². The molecule has 9 heavy (non-hydrogen) atoms. The van der Waals surface area contributed by atoms with Crippen LogP contribution < -0.4 is 5.32 Å². The number of nitrogens with one attached hydrogen (secondary N) is 1. The highest BCUT2D eigenvalue weighted by atomic mass is 35.5. The van der Waals surface area contributed by atoms with Crippen molar-refractivity contribution in [3.05, 3.63) is 0 Å². The largest absolute Gasteiger partial charge is 0.312 e. The Balaban J connectivity index is 0.000000640. The van der Waals surface area contributed by atoms with Crippen LogP contribution in [0.1, 0.15) is 6.92 Å². The van der Waals surface area contributed by atoms with E-state index in [9.17, 15) is 0 Å². The summed E-state index contributed by atoms with van der Waals surface area (Å²) >= 11 is 0. The minimum Gasteiger partial charge on any atom is -0.312 e. The van der Waals surface area contributed by atoms with Crippen molar-refractivity contribution < 1.29 is 0 Å². The molecule has 1 rings (SSSR count). The molecule has 1 fully saturated rings. The Morgan fingerprint density at radius 2 is 2.22 bits per heavy atom. The molecule has 1 aliphatic rings. The van der Waals surface area contributed by atoms with Crippen LogP contribution in [0, 0.1) is 0 Å². The number of hydrogen-bond donors (Lipinski definition) is 1. The Labute approximate surface area is 63.0 Å². The van der Waals surface area contributed by atoms with Gasteiger partial charge in [-0.2, -0.15) is 0 Å². The lowest BCUT2D eigenvalue weighted by molar-refractivity contribution is 0.248. The highest BCUT2D eigenvalue weighted by molar-refractivity contribution is 5.85. The van der Waals surface area contributed by atoms with Gasteiger partial charge in [0, 0.05) is 25.7 Å². The first-order valence-corrected chi connectivity index (χ1v) is 3.21. The molecule has 0 unspecified atom stereocenters. The molecule has 0 aromatic rings. The van der Waals surface area contributed by atoms with Crippen molar-refractivity contribution in [3.8, 4) is 0 Å². The summed E-state index contributed by atoms with van der Waals surface area (Å²) in [5.41, 5.74) is 0. The zero-order chi connectivity index (χ0) is 5.98. The fourth-order valence-electron chi connectivity index (χ4n) is 1.13. The third kappa shape index (κ3) is 3.04. The van der Waals surface area contributed by atoms with Gasteiger partial charge in [0.25, 0.3) is 0 Å². The molecule has 0 aromatic heterocycles. The molecule has 0 aromatic carbocycles. The van der Waals surface area contributed by atoms with Crippen LogP contribution in [0.3, 0.4) is 0 Å². The highest BCUT2D eigenvalue weighted by Gasteiger charge is 2.09. The fraction of sp³-hybridized carbons (Fsp3) is 1.00. The molecule has 3 heteroatoms. The maximum atomic E-state index is 3.37. The molecule has 0 radical (unpaired) electrons. The van der Waals surface area contributed by atoms with Gasteiger partial charge in [0.2, 0.25) is 0 Å². The van der Waals surface area contributed by atoms with Gasteiger partial charge in [0.15, 0.2) is 0 Å². The Bertz CT molecular complexity index is 69.5. The Kier molecular flexibility index (Phi) is 4.19. The van der Waals surface area contributed by atoms with Crippen LogP contribution in [0.5, 0.6) is 0 Å². The molecule has 1 N–H and O–H groups in total. The second-order valence-corrected chi connectivity index (χ2v) is 2.62. The zero-order valence-electron chi connectivity index (χ0n) is 6.05. The van der Waals surface area contributed by atoms with Crippen LogP contribution in [0.2, 0.25) is 0 Å². The fourth-order valence-corrected chi connectivity index (χ4v) is 1.13. The summed E-state index contributed by atoms with van der Waals surface area (Å²) in [5.74, 6) is 0. The monoisotopic (exact) mass is 150 g/mol.